The predicted molar refractivity (Wildman–Crippen MR) is 89.3 cm³/mol. The van der Waals surface area contributed by atoms with E-state index >= 15 is 0 Å². The first kappa shape index (κ1) is 18.3. The third-order valence-corrected chi connectivity index (χ3v) is 3.60. The second kappa shape index (κ2) is 7.24. The molecular formula is C14H7Cl2N3O6. The minimum Gasteiger partial charge on any atom is -0.322 e. The second-order valence-corrected chi connectivity index (χ2v) is 5.39. The van der Waals surface area contributed by atoms with Gasteiger partial charge >= 0.3 is 0 Å². The number of hydrogen-bond acceptors (Lipinski definition) is 6. The molecule has 0 radical (unpaired) electrons. The SMILES string of the molecule is O=C(Cl)c1cc(NC(=O)c2ccc([N+](=O)[O-])cc2[N+](=O)[O-])ccc1Cl. The molecule has 0 heterocycles. The minimum atomic E-state index is -0.905. The Morgan fingerprint density at radius 3 is 2.20 bits per heavy atom. The lowest BCUT2D eigenvalue weighted by molar-refractivity contribution is -0.394. The summed E-state index contributed by atoms with van der Waals surface area (Å²) in [5.41, 5.74) is -1.58. The lowest BCUT2D eigenvalue weighted by atomic mass is 10.1. The molecule has 0 aromatic heterocycles. The molecule has 128 valence electrons. The molecule has 0 aliphatic carbocycles. The normalized spacial score (nSPS) is 10.2. The van der Waals surface area contributed by atoms with Crippen LogP contribution in [0.15, 0.2) is 36.4 Å². The number of benzene rings is 2. The molecule has 2 aromatic rings. The van der Waals surface area contributed by atoms with Gasteiger partial charge in [-0.25, -0.2) is 0 Å². The van der Waals surface area contributed by atoms with Gasteiger partial charge in [-0.2, -0.15) is 0 Å². The van der Waals surface area contributed by atoms with Gasteiger partial charge in [0.2, 0.25) is 0 Å². The number of amides is 1. The largest absolute Gasteiger partial charge is 0.322 e. The number of carbonyl (C=O) groups is 2. The number of nitrogens with one attached hydrogen (secondary N) is 1. The van der Waals surface area contributed by atoms with Gasteiger partial charge in [0.1, 0.15) is 5.56 Å². The first-order chi connectivity index (χ1) is 11.7. The van der Waals surface area contributed by atoms with Crippen LogP contribution in [-0.4, -0.2) is 21.0 Å². The first-order valence-corrected chi connectivity index (χ1v) is 7.20. The van der Waals surface area contributed by atoms with Gasteiger partial charge in [-0.3, -0.25) is 29.8 Å². The van der Waals surface area contributed by atoms with E-state index in [4.69, 9.17) is 23.2 Å². The number of hydrogen-bond donors (Lipinski definition) is 1. The summed E-state index contributed by atoms with van der Waals surface area (Å²) in [7, 11) is 0. The van der Waals surface area contributed by atoms with Crippen molar-refractivity contribution in [2.45, 2.75) is 0 Å². The van der Waals surface area contributed by atoms with Crippen LogP contribution in [0.4, 0.5) is 17.1 Å². The quantitative estimate of drug-likeness (QED) is 0.474. The van der Waals surface area contributed by atoms with Gasteiger partial charge in [-0.05, 0) is 35.9 Å². The van der Waals surface area contributed by atoms with Crippen LogP contribution in [0, 0.1) is 20.2 Å². The zero-order chi connectivity index (χ0) is 18.7. The highest BCUT2D eigenvalue weighted by atomic mass is 35.5. The Labute approximate surface area is 149 Å². The topological polar surface area (TPSA) is 132 Å². The molecule has 0 saturated carbocycles. The maximum absolute atomic E-state index is 12.3. The van der Waals surface area contributed by atoms with Crippen LogP contribution in [0.5, 0.6) is 0 Å². The highest BCUT2D eigenvalue weighted by molar-refractivity contribution is 6.68. The molecule has 0 aliphatic rings. The van der Waals surface area contributed by atoms with E-state index in [9.17, 15) is 29.8 Å². The van der Waals surface area contributed by atoms with Crippen LogP contribution in [0.25, 0.3) is 0 Å². The average molecular weight is 384 g/mol. The summed E-state index contributed by atoms with van der Waals surface area (Å²) < 4.78 is 0. The molecule has 2 rings (SSSR count). The summed E-state index contributed by atoms with van der Waals surface area (Å²) in [6, 6.07) is 6.50. The summed E-state index contributed by atoms with van der Waals surface area (Å²) in [4.78, 5) is 43.5. The van der Waals surface area contributed by atoms with Gasteiger partial charge in [0.15, 0.2) is 0 Å². The second-order valence-electron chi connectivity index (χ2n) is 4.64. The van der Waals surface area contributed by atoms with Crippen molar-refractivity contribution in [2.24, 2.45) is 0 Å². The average Bonchev–Trinajstić information content (AvgIpc) is 2.55. The fraction of sp³-hybridized carbons (Fsp3) is 0. The van der Waals surface area contributed by atoms with Crippen molar-refractivity contribution >= 4 is 51.4 Å². The number of nitrogens with zero attached hydrogens (tertiary/aromatic N) is 2. The fourth-order valence-electron chi connectivity index (χ4n) is 1.93. The van der Waals surface area contributed by atoms with Gasteiger partial charge in [-0.1, -0.05) is 11.6 Å². The summed E-state index contributed by atoms with van der Waals surface area (Å²) >= 11 is 11.1. The number of anilines is 1. The number of non-ortho nitro benzene ring substituents is 1. The van der Waals surface area contributed by atoms with Crippen LogP contribution >= 0.6 is 23.2 Å². The van der Waals surface area contributed by atoms with E-state index in [1.165, 1.54) is 18.2 Å². The number of rotatable bonds is 5. The third-order valence-electron chi connectivity index (χ3n) is 3.07. The molecule has 1 N–H and O–H groups in total. The predicted octanol–water partition coefficient (Wildman–Crippen LogP) is 3.79. The number of carbonyl (C=O) groups excluding carboxylic acids is 2. The molecule has 0 aliphatic heterocycles. The van der Waals surface area contributed by atoms with Crippen molar-refractivity contribution < 1.29 is 19.4 Å². The molecule has 1 amide bonds. The van der Waals surface area contributed by atoms with Crippen molar-refractivity contribution in [2.75, 3.05) is 5.32 Å². The van der Waals surface area contributed by atoms with Gasteiger partial charge in [0, 0.05) is 11.8 Å². The zero-order valence-corrected chi connectivity index (χ0v) is 13.6. The molecule has 0 bridgehead atoms. The van der Waals surface area contributed by atoms with Crippen LogP contribution in [0.2, 0.25) is 5.02 Å². The van der Waals surface area contributed by atoms with Crippen molar-refractivity contribution in [3.63, 3.8) is 0 Å². The van der Waals surface area contributed by atoms with E-state index in [0.717, 1.165) is 12.1 Å². The maximum Gasteiger partial charge on any atom is 0.289 e. The van der Waals surface area contributed by atoms with E-state index in [-0.39, 0.29) is 21.8 Å². The van der Waals surface area contributed by atoms with E-state index in [0.29, 0.717) is 6.07 Å². The summed E-state index contributed by atoms with van der Waals surface area (Å²) in [5, 5.41) is 23.3. The van der Waals surface area contributed by atoms with Crippen molar-refractivity contribution in [1.82, 2.24) is 0 Å². The van der Waals surface area contributed by atoms with Crippen LogP contribution < -0.4 is 5.32 Å². The van der Waals surface area contributed by atoms with Crippen LogP contribution in [0.3, 0.4) is 0 Å². The number of nitro benzene ring substituents is 2. The minimum absolute atomic E-state index is 0.0562. The summed E-state index contributed by atoms with van der Waals surface area (Å²) in [6.45, 7) is 0. The monoisotopic (exact) mass is 383 g/mol. The molecule has 0 fully saturated rings. The Hall–Kier alpha value is -3.04. The summed E-state index contributed by atoms with van der Waals surface area (Å²) in [6.07, 6.45) is 0. The molecule has 9 nitrogen and oxygen atoms in total. The van der Waals surface area contributed by atoms with E-state index in [1.807, 2.05) is 0 Å². The molecule has 2 aromatic carbocycles. The van der Waals surface area contributed by atoms with E-state index in [1.54, 1.807) is 0 Å². The summed E-state index contributed by atoms with van der Waals surface area (Å²) in [5.74, 6) is -0.892. The molecule has 0 unspecified atom stereocenters. The highest BCUT2D eigenvalue weighted by Gasteiger charge is 2.24. The fourth-order valence-corrected chi connectivity index (χ4v) is 2.34. The third kappa shape index (κ3) is 4.08. The van der Waals surface area contributed by atoms with E-state index in [2.05, 4.69) is 5.32 Å². The van der Waals surface area contributed by atoms with E-state index < -0.39 is 32.4 Å². The molecule has 0 spiro atoms. The maximum atomic E-state index is 12.3. The Morgan fingerprint density at radius 1 is 0.960 bits per heavy atom. The smallest absolute Gasteiger partial charge is 0.289 e. The molecule has 25 heavy (non-hydrogen) atoms. The van der Waals surface area contributed by atoms with Crippen molar-refractivity contribution in [3.8, 4) is 0 Å². The van der Waals surface area contributed by atoms with Gasteiger partial charge in [0.25, 0.3) is 22.5 Å². The zero-order valence-electron chi connectivity index (χ0n) is 12.1. The van der Waals surface area contributed by atoms with Crippen molar-refractivity contribution in [3.05, 3.63) is 72.8 Å². The number of halogens is 2. The van der Waals surface area contributed by atoms with Gasteiger partial charge in [0.05, 0.1) is 26.5 Å². The Balaban J connectivity index is 2.38. The molecule has 11 heteroatoms. The Kier molecular flexibility index (Phi) is 5.30. The molecule has 0 saturated heterocycles. The Bertz CT molecular complexity index is 915. The highest BCUT2D eigenvalue weighted by Crippen LogP contribution is 2.27. The van der Waals surface area contributed by atoms with Gasteiger partial charge < -0.3 is 5.32 Å². The first-order valence-electron chi connectivity index (χ1n) is 6.44. The standard InChI is InChI=1S/C14H7Cl2N3O6/c15-11-4-1-7(5-10(11)13(16)20)17-14(21)9-3-2-8(18(22)23)6-12(9)19(24)25/h1-6H,(H,17,21). The number of nitro groups is 2. The van der Waals surface area contributed by atoms with Crippen molar-refractivity contribution in [1.29, 1.82) is 0 Å². The molecule has 0 atom stereocenters. The lowest BCUT2D eigenvalue weighted by Crippen LogP contribution is -2.14. The van der Waals surface area contributed by atoms with Crippen LogP contribution in [-0.2, 0) is 0 Å². The molecular weight excluding hydrogens is 377 g/mol. The lowest BCUT2D eigenvalue weighted by Gasteiger charge is -2.07. The van der Waals surface area contributed by atoms with Gasteiger partial charge in [-0.15, -0.1) is 0 Å². The van der Waals surface area contributed by atoms with Crippen LogP contribution in [0.1, 0.15) is 20.7 Å². The Morgan fingerprint density at radius 2 is 1.64 bits per heavy atom.